The van der Waals surface area contributed by atoms with E-state index in [1.807, 2.05) is 41.9 Å². The molecule has 1 heterocycles. The van der Waals surface area contributed by atoms with Gasteiger partial charge in [0.25, 0.3) is 0 Å². The number of halogens is 1. The second-order valence-electron chi connectivity index (χ2n) is 6.20. The van der Waals surface area contributed by atoms with E-state index in [-0.39, 0.29) is 12.0 Å². The highest BCUT2D eigenvalue weighted by Crippen LogP contribution is 2.34. The van der Waals surface area contributed by atoms with Crippen LogP contribution in [-0.4, -0.2) is 30.5 Å². The molecule has 0 aliphatic heterocycles. The number of allylic oxidation sites excluding steroid dienone is 1. The van der Waals surface area contributed by atoms with Crippen molar-refractivity contribution in [3.63, 3.8) is 0 Å². The molecule has 128 valence electrons. The summed E-state index contributed by atoms with van der Waals surface area (Å²) in [4.78, 5) is 0. The van der Waals surface area contributed by atoms with Crippen LogP contribution >= 0.6 is 15.9 Å². The van der Waals surface area contributed by atoms with Crippen LogP contribution in [0.4, 0.5) is 0 Å². The van der Waals surface area contributed by atoms with Crippen LogP contribution in [0.1, 0.15) is 29.3 Å². The first-order chi connectivity index (χ1) is 11.2. The Balaban J connectivity index is 1.90. The van der Waals surface area contributed by atoms with E-state index >= 15 is 0 Å². The summed E-state index contributed by atoms with van der Waals surface area (Å²) in [7, 11) is -3.20. The Morgan fingerprint density at radius 3 is 2.71 bits per heavy atom. The average Bonchev–Trinajstić information content (AvgIpc) is 3.01. The standard InChI is InChI=1S/C17H20BrN3O2S/c1-11-17(13-7-8-15(9-13)20-24(3,22)23)12(2)21(19-11)16-6-4-5-14(18)10-16/h4-8,10,13,15,20H,9H2,1-3H3/t13-,15+/m0/s1. The van der Waals surface area contributed by atoms with Gasteiger partial charge in [-0.2, -0.15) is 5.10 Å². The smallest absolute Gasteiger partial charge is 0.209 e. The molecule has 7 heteroatoms. The lowest BCUT2D eigenvalue weighted by molar-refractivity contribution is 0.569. The Kier molecular flexibility index (Phi) is 4.68. The van der Waals surface area contributed by atoms with Crippen molar-refractivity contribution in [2.24, 2.45) is 0 Å². The minimum atomic E-state index is -3.20. The van der Waals surface area contributed by atoms with E-state index in [0.29, 0.717) is 0 Å². The summed E-state index contributed by atoms with van der Waals surface area (Å²) in [5.74, 6) is 0.171. The fraction of sp³-hybridized carbons (Fsp3) is 0.353. The fourth-order valence-electron chi connectivity index (χ4n) is 3.33. The van der Waals surface area contributed by atoms with Gasteiger partial charge in [-0.1, -0.05) is 34.1 Å². The number of hydrogen-bond donors (Lipinski definition) is 1. The Hall–Kier alpha value is -1.44. The monoisotopic (exact) mass is 409 g/mol. The maximum Gasteiger partial charge on any atom is 0.209 e. The molecule has 24 heavy (non-hydrogen) atoms. The summed E-state index contributed by atoms with van der Waals surface area (Å²) >= 11 is 3.49. The van der Waals surface area contributed by atoms with E-state index in [0.717, 1.165) is 28.0 Å². The van der Waals surface area contributed by atoms with Crippen LogP contribution in [0.25, 0.3) is 5.69 Å². The molecule has 0 bridgehead atoms. The first kappa shape index (κ1) is 17.4. The number of sulfonamides is 1. The number of benzene rings is 1. The molecule has 0 unspecified atom stereocenters. The quantitative estimate of drug-likeness (QED) is 0.788. The van der Waals surface area contributed by atoms with Crippen LogP contribution in [0.2, 0.25) is 0 Å². The van der Waals surface area contributed by atoms with E-state index in [2.05, 4.69) is 38.8 Å². The molecule has 0 fully saturated rings. The normalized spacial score (nSPS) is 20.7. The van der Waals surface area contributed by atoms with E-state index < -0.39 is 10.0 Å². The minimum absolute atomic E-state index is 0.155. The predicted octanol–water partition coefficient (Wildman–Crippen LogP) is 3.21. The lowest BCUT2D eigenvalue weighted by atomic mass is 9.96. The van der Waals surface area contributed by atoms with Crippen molar-refractivity contribution >= 4 is 26.0 Å². The first-order valence-electron chi connectivity index (χ1n) is 7.72. The lowest BCUT2D eigenvalue weighted by Gasteiger charge is -2.13. The molecule has 2 atom stereocenters. The third-order valence-electron chi connectivity index (χ3n) is 4.22. The van der Waals surface area contributed by atoms with Crippen molar-refractivity contribution in [1.82, 2.24) is 14.5 Å². The maximum absolute atomic E-state index is 11.4. The van der Waals surface area contributed by atoms with E-state index in [1.165, 1.54) is 11.8 Å². The zero-order valence-corrected chi connectivity index (χ0v) is 16.2. The van der Waals surface area contributed by atoms with Gasteiger partial charge in [0.2, 0.25) is 10.0 Å². The van der Waals surface area contributed by atoms with Crippen LogP contribution in [0, 0.1) is 13.8 Å². The fourth-order valence-corrected chi connectivity index (χ4v) is 4.44. The average molecular weight is 410 g/mol. The van der Waals surface area contributed by atoms with Gasteiger partial charge in [0.1, 0.15) is 0 Å². The van der Waals surface area contributed by atoms with Crippen molar-refractivity contribution in [3.05, 3.63) is 57.8 Å². The molecule has 1 N–H and O–H groups in total. The number of aryl methyl sites for hydroxylation is 1. The van der Waals surface area contributed by atoms with Crippen molar-refractivity contribution in [3.8, 4) is 5.69 Å². The highest BCUT2D eigenvalue weighted by atomic mass is 79.9. The zero-order valence-electron chi connectivity index (χ0n) is 13.8. The summed E-state index contributed by atoms with van der Waals surface area (Å²) in [5, 5.41) is 4.69. The van der Waals surface area contributed by atoms with E-state index in [9.17, 15) is 8.42 Å². The van der Waals surface area contributed by atoms with Crippen molar-refractivity contribution in [2.45, 2.75) is 32.2 Å². The van der Waals surface area contributed by atoms with E-state index in [1.54, 1.807) is 0 Å². The molecule has 0 saturated carbocycles. The molecule has 2 aromatic rings. The molecule has 0 amide bonds. The molecule has 5 nitrogen and oxygen atoms in total. The van der Waals surface area contributed by atoms with Crippen LogP contribution < -0.4 is 4.72 Å². The van der Waals surface area contributed by atoms with Crippen LogP contribution in [0.5, 0.6) is 0 Å². The number of hydrogen-bond acceptors (Lipinski definition) is 3. The minimum Gasteiger partial charge on any atom is -0.238 e. The number of rotatable bonds is 4. The second-order valence-corrected chi connectivity index (χ2v) is 8.90. The van der Waals surface area contributed by atoms with E-state index in [4.69, 9.17) is 0 Å². The van der Waals surface area contributed by atoms with Gasteiger partial charge in [-0.25, -0.2) is 17.8 Å². The SMILES string of the molecule is Cc1nn(-c2cccc(Br)c2)c(C)c1[C@H]1C=C[C@@H](NS(C)(=O)=O)C1. The zero-order chi connectivity index (χ0) is 17.5. The number of nitrogens with zero attached hydrogens (tertiary/aromatic N) is 2. The highest BCUT2D eigenvalue weighted by Gasteiger charge is 2.27. The Labute approximate surface area is 150 Å². The Bertz CT molecular complexity index is 903. The molecular formula is C17H20BrN3O2S. The Morgan fingerprint density at radius 1 is 1.29 bits per heavy atom. The van der Waals surface area contributed by atoms with Crippen LogP contribution in [0.15, 0.2) is 40.9 Å². The highest BCUT2D eigenvalue weighted by molar-refractivity contribution is 9.10. The summed E-state index contributed by atoms with van der Waals surface area (Å²) in [5.41, 5.74) is 4.23. The Morgan fingerprint density at radius 2 is 2.04 bits per heavy atom. The summed E-state index contributed by atoms with van der Waals surface area (Å²) in [6.07, 6.45) is 5.92. The maximum atomic E-state index is 11.4. The van der Waals surface area contributed by atoms with Crippen LogP contribution in [0.3, 0.4) is 0 Å². The van der Waals surface area contributed by atoms with Crippen molar-refractivity contribution < 1.29 is 8.42 Å². The summed E-state index contributed by atoms with van der Waals surface area (Å²) in [6, 6.07) is 7.86. The molecule has 1 aliphatic rings. The largest absolute Gasteiger partial charge is 0.238 e. The lowest BCUT2D eigenvalue weighted by Crippen LogP contribution is -2.31. The molecule has 0 spiro atoms. The van der Waals surface area contributed by atoms with Gasteiger partial charge in [-0.15, -0.1) is 0 Å². The molecule has 0 radical (unpaired) electrons. The summed E-state index contributed by atoms with van der Waals surface area (Å²) < 4.78 is 28.4. The van der Waals surface area contributed by atoms with Gasteiger partial charge < -0.3 is 0 Å². The summed E-state index contributed by atoms with van der Waals surface area (Å²) in [6.45, 7) is 4.06. The molecule has 1 aromatic carbocycles. The van der Waals surface area contributed by atoms with Gasteiger partial charge >= 0.3 is 0 Å². The third kappa shape index (κ3) is 3.63. The first-order valence-corrected chi connectivity index (χ1v) is 10.4. The van der Waals surface area contributed by atoms with Gasteiger partial charge in [0.05, 0.1) is 17.6 Å². The van der Waals surface area contributed by atoms with Gasteiger partial charge in [0, 0.05) is 27.7 Å². The number of aromatic nitrogens is 2. The molecule has 0 saturated heterocycles. The van der Waals surface area contributed by atoms with Crippen molar-refractivity contribution in [2.75, 3.05) is 6.26 Å². The molecular weight excluding hydrogens is 390 g/mol. The second kappa shape index (κ2) is 6.46. The topological polar surface area (TPSA) is 64.0 Å². The van der Waals surface area contributed by atoms with Gasteiger partial charge in [-0.3, -0.25) is 0 Å². The number of nitrogens with one attached hydrogen (secondary N) is 1. The van der Waals surface area contributed by atoms with Gasteiger partial charge in [0.15, 0.2) is 0 Å². The third-order valence-corrected chi connectivity index (χ3v) is 5.44. The molecule has 1 aliphatic carbocycles. The van der Waals surface area contributed by atoms with Crippen LogP contribution in [-0.2, 0) is 10.0 Å². The predicted molar refractivity (Wildman–Crippen MR) is 99.0 cm³/mol. The molecule has 3 rings (SSSR count). The van der Waals surface area contributed by atoms with Crippen molar-refractivity contribution in [1.29, 1.82) is 0 Å². The van der Waals surface area contributed by atoms with Gasteiger partial charge in [-0.05, 0) is 38.5 Å². The molecule has 1 aromatic heterocycles.